The molecule has 108 valence electrons. The van der Waals surface area contributed by atoms with Gasteiger partial charge in [-0.2, -0.15) is 0 Å². The van der Waals surface area contributed by atoms with Gasteiger partial charge in [0.2, 0.25) is 0 Å². The second kappa shape index (κ2) is 6.82. The van der Waals surface area contributed by atoms with E-state index < -0.39 is 0 Å². The Bertz CT molecular complexity index is 388. The summed E-state index contributed by atoms with van der Waals surface area (Å²) in [7, 11) is 0. The SMILES string of the molecule is CC(CN)c1csc(CC2CCCN(C(C)C)C2)n1. The van der Waals surface area contributed by atoms with Gasteiger partial charge in [0.1, 0.15) is 0 Å². The molecule has 0 aliphatic carbocycles. The summed E-state index contributed by atoms with van der Waals surface area (Å²) in [6.07, 6.45) is 3.83. The first-order chi connectivity index (χ1) is 9.10. The summed E-state index contributed by atoms with van der Waals surface area (Å²) < 4.78 is 0. The van der Waals surface area contributed by atoms with E-state index in [0.29, 0.717) is 18.5 Å². The minimum atomic E-state index is 0.392. The highest BCUT2D eigenvalue weighted by Crippen LogP contribution is 2.25. The summed E-state index contributed by atoms with van der Waals surface area (Å²) in [5, 5.41) is 3.49. The molecule has 0 aromatic carbocycles. The van der Waals surface area contributed by atoms with Crippen LogP contribution in [0.3, 0.4) is 0 Å². The third-order valence-corrected chi connectivity index (χ3v) is 5.06. The van der Waals surface area contributed by atoms with Gasteiger partial charge in [0.05, 0.1) is 10.7 Å². The Balaban J connectivity index is 1.91. The Hall–Kier alpha value is -0.450. The van der Waals surface area contributed by atoms with Crippen LogP contribution in [0.5, 0.6) is 0 Å². The number of hydrogen-bond acceptors (Lipinski definition) is 4. The number of nitrogens with two attached hydrogens (primary N) is 1. The molecular formula is C15H27N3S. The molecule has 3 nitrogen and oxygen atoms in total. The van der Waals surface area contributed by atoms with Crippen molar-refractivity contribution in [2.24, 2.45) is 11.7 Å². The Morgan fingerprint density at radius 3 is 2.95 bits per heavy atom. The first kappa shape index (κ1) is 14.9. The van der Waals surface area contributed by atoms with Gasteiger partial charge in [0.15, 0.2) is 0 Å². The third kappa shape index (κ3) is 4.01. The van der Waals surface area contributed by atoms with Gasteiger partial charge in [-0.3, -0.25) is 0 Å². The van der Waals surface area contributed by atoms with Gasteiger partial charge in [0.25, 0.3) is 0 Å². The van der Waals surface area contributed by atoms with E-state index in [0.717, 1.165) is 12.3 Å². The molecule has 2 unspecified atom stereocenters. The van der Waals surface area contributed by atoms with Crippen molar-refractivity contribution in [3.8, 4) is 0 Å². The van der Waals surface area contributed by atoms with Crippen LogP contribution >= 0.6 is 11.3 Å². The summed E-state index contributed by atoms with van der Waals surface area (Å²) in [6.45, 7) is 9.94. The molecular weight excluding hydrogens is 254 g/mol. The molecule has 2 heterocycles. The minimum Gasteiger partial charge on any atom is -0.330 e. The molecule has 1 aromatic heterocycles. The van der Waals surface area contributed by atoms with Crippen molar-refractivity contribution < 1.29 is 0 Å². The predicted octanol–water partition coefficient (Wildman–Crippen LogP) is 2.87. The average molecular weight is 281 g/mol. The zero-order valence-corrected chi connectivity index (χ0v) is 13.2. The summed E-state index contributed by atoms with van der Waals surface area (Å²) in [5.41, 5.74) is 6.89. The number of thiazole rings is 1. The molecule has 0 spiro atoms. The van der Waals surface area contributed by atoms with Crippen molar-refractivity contribution >= 4 is 11.3 Å². The number of likely N-dealkylation sites (tertiary alicyclic amines) is 1. The Morgan fingerprint density at radius 1 is 1.47 bits per heavy atom. The predicted molar refractivity (Wildman–Crippen MR) is 82.7 cm³/mol. The maximum absolute atomic E-state index is 5.71. The van der Waals surface area contributed by atoms with E-state index in [1.807, 2.05) is 11.3 Å². The van der Waals surface area contributed by atoms with Crippen molar-refractivity contribution in [3.05, 3.63) is 16.1 Å². The summed E-state index contributed by atoms with van der Waals surface area (Å²) in [4.78, 5) is 7.37. The smallest absolute Gasteiger partial charge is 0.0931 e. The van der Waals surface area contributed by atoms with E-state index in [1.54, 1.807) is 0 Å². The Labute approximate surface area is 121 Å². The minimum absolute atomic E-state index is 0.392. The monoisotopic (exact) mass is 281 g/mol. The number of aromatic nitrogens is 1. The quantitative estimate of drug-likeness (QED) is 0.902. The average Bonchev–Trinajstić information content (AvgIpc) is 2.86. The molecule has 19 heavy (non-hydrogen) atoms. The topological polar surface area (TPSA) is 42.1 Å². The molecule has 1 fully saturated rings. The lowest BCUT2D eigenvalue weighted by Gasteiger charge is -2.35. The molecule has 2 N–H and O–H groups in total. The van der Waals surface area contributed by atoms with Crippen LogP contribution in [0.1, 0.15) is 50.2 Å². The maximum Gasteiger partial charge on any atom is 0.0931 e. The first-order valence-corrected chi connectivity index (χ1v) is 8.36. The molecule has 0 bridgehead atoms. The highest BCUT2D eigenvalue weighted by Gasteiger charge is 2.22. The lowest BCUT2D eigenvalue weighted by atomic mass is 9.94. The fourth-order valence-corrected chi connectivity index (χ4v) is 3.78. The lowest BCUT2D eigenvalue weighted by molar-refractivity contribution is 0.139. The normalized spacial score (nSPS) is 22.9. The fraction of sp³-hybridized carbons (Fsp3) is 0.800. The summed E-state index contributed by atoms with van der Waals surface area (Å²) in [6, 6.07) is 0.673. The number of hydrogen-bond donors (Lipinski definition) is 1. The van der Waals surface area contributed by atoms with Crippen molar-refractivity contribution in [3.63, 3.8) is 0 Å². The zero-order chi connectivity index (χ0) is 13.8. The van der Waals surface area contributed by atoms with Crippen molar-refractivity contribution in [2.45, 2.75) is 52.0 Å². The zero-order valence-electron chi connectivity index (χ0n) is 12.4. The fourth-order valence-electron chi connectivity index (χ4n) is 2.75. The van der Waals surface area contributed by atoms with Crippen LogP contribution in [0, 0.1) is 5.92 Å². The largest absolute Gasteiger partial charge is 0.330 e. The van der Waals surface area contributed by atoms with Gasteiger partial charge < -0.3 is 10.6 Å². The van der Waals surface area contributed by atoms with Gasteiger partial charge in [-0.1, -0.05) is 6.92 Å². The van der Waals surface area contributed by atoms with Crippen molar-refractivity contribution in [1.82, 2.24) is 9.88 Å². The Morgan fingerprint density at radius 2 is 2.26 bits per heavy atom. The Kier molecular flexibility index (Phi) is 5.37. The summed E-state index contributed by atoms with van der Waals surface area (Å²) >= 11 is 1.81. The van der Waals surface area contributed by atoms with E-state index in [2.05, 4.69) is 31.1 Å². The van der Waals surface area contributed by atoms with E-state index in [9.17, 15) is 0 Å². The van der Waals surface area contributed by atoms with Crippen LogP contribution < -0.4 is 5.73 Å². The molecule has 1 aliphatic heterocycles. The first-order valence-electron chi connectivity index (χ1n) is 7.48. The van der Waals surface area contributed by atoms with Gasteiger partial charge in [0, 0.05) is 36.9 Å². The van der Waals surface area contributed by atoms with E-state index in [4.69, 9.17) is 10.7 Å². The number of piperidine rings is 1. The van der Waals surface area contributed by atoms with Crippen LogP contribution in [-0.4, -0.2) is 35.6 Å². The molecule has 1 aliphatic rings. The van der Waals surface area contributed by atoms with Crippen molar-refractivity contribution in [1.29, 1.82) is 0 Å². The van der Waals surface area contributed by atoms with Crippen LogP contribution in [0.25, 0.3) is 0 Å². The lowest BCUT2D eigenvalue weighted by Crippen LogP contribution is -2.40. The van der Waals surface area contributed by atoms with E-state index in [1.165, 1.54) is 36.6 Å². The molecule has 2 rings (SSSR count). The third-order valence-electron chi connectivity index (χ3n) is 4.17. The van der Waals surface area contributed by atoms with E-state index >= 15 is 0 Å². The van der Waals surface area contributed by atoms with Crippen LogP contribution in [0.15, 0.2) is 5.38 Å². The molecule has 1 saturated heterocycles. The van der Waals surface area contributed by atoms with Gasteiger partial charge in [-0.15, -0.1) is 11.3 Å². The number of nitrogens with zero attached hydrogens (tertiary/aromatic N) is 2. The van der Waals surface area contributed by atoms with Crippen LogP contribution in [-0.2, 0) is 6.42 Å². The second-order valence-electron chi connectivity index (χ2n) is 6.10. The highest BCUT2D eigenvalue weighted by molar-refractivity contribution is 7.09. The summed E-state index contributed by atoms with van der Waals surface area (Å²) in [5.74, 6) is 1.17. The van der Waals surface area contributed by atoms with Gasteiger partial charge in [-0.25, -0.2) is 4.98 Å². The molecule has 1 aromatic rings. The van der Waals surface area contributed by atoms with Gasteiger partial charge in [-0.05, 0) is 39.2 Å². The van der Waals surface area contributed by atoms with Gasteiger partial charge >= 0.3 is 0 Å². The highest BCUT2D eigenvalue weighted by atomic mass is 32.1. The molecule has 0 radical (unpaired) electrons. The molecule has 0 saturated carbocycles. The molecule has 0 amide bonds. The van der Waals surface area contributed by atoms with E-state index in [-0.39, 0.29) is 0 Å². The maximum atomic E-state index is 5.71. The number of rotatable bonds is 5. The second-order valence-corrected chi connectivity index (χ2v) is 7.05. The van der Waals surface area contributed by atoms with Crippen LogP contribution in [0.2, 0.25) is 0 Å². The molecule has 2 atom stereocenters. The molecule has 4 heteroatoms. The standard InChI is InChI=1S/C15H27N3S/c1-11(2)18-6-4-5-13(9-18)7-15-17-14(10-19-15)12(3)8-16/h10-13H,4-9,16H2,1-3H3. The van der Waals surface area contributed by atoms with Crippen LogP contribution in [0.4, 0.5) is 0 Å². The van der Waals surface area contributed by atoms with Crippen molar-refractivity contribution in [2.75, 3.05) is 19.6 Å².